The molecule has 0 aliphatic carbocycles. The van der Waals surface area contributed by atoms with Crippen molar-refractivity contribution in [2.45, 2.75) is 0 Å². The second kappa shape index (κ2) is 16.1. The highest BCUT2D eigenvalue weighted by atomic mass is 16.4. The number of rotatable bonds is 1. The molecule has 0 radical (unpaired) electrons. The van der Waals surface area contributed by atoms with Crippen molar-refractivity contribution in [3.05, 3.63) is 0 Å². The lowest BCUT2D eigenvalue weighted by atomic mass is 10.7. The summed E-state index contributed by atoms with van der Waals surface area (Å²) >= 11 is 0. The lowest BCUT2D eigenvalue weighted by Crippen LogP contribution is -2.03. The van der Waals surface area contributed by atoms with Gasteiger partial charge in [0.25, 0.3) is 0 Å². The molecule has 0 atom stereocenters. The van der Waals surface area contributed by atoms with Gasteiger partial charge >= 0.3 is 0 Å². The summed E-state index contributed by atoms with van der Waals surface area (Å²) in [6, 6.07) is 1.91. The number of nitriles is 1. The van der Waals surface area contributed by atoms with E-state index in [1.165, 1.54) is 0 Å². The average molecular weight is 116 g/mol. The fourth-order valence-electron chi connectivity index (χ4n) is 0.0791. The van der Waals surface area contributed by atoms with Crippen LogP contribution in [0.25, 0.3) is 0 Å². The first-order valence-corrected chi connectivity index (χ1v) is 2.25. The molecule has 0 heterocycles. The summed E-state index contributed by atoms with van der Waals surface area (Å²) in [7, 11) is 4.99. The van der Waals surface area contributed by atoms with Crippen LogP contribution in [-0.2, 0) is 4.74 Å². The maximum absolute atomic E-state index is 7.75. The van der Waals surface area contributed by atoms with Gasteiger partial charge in [-0.2, -0.15) is 5.26 Å². The molecule has 0 aliphatic rings. The Morgan fingerprint density at radius 3 is 2.00 bits per heavy atom. The molecule has 0 fully saturated rings. The van der Waals surface area contributed by atoms with Gasteiger partial charge in [-0.3, -0.25) is 0 Å². The summed E-state index contributed by atoms with van der Waals surface area (Å²) in [6.45, 7) is 0.444. The van der Waals surface area contributed by atoms with Gasteiger partial charge in [0.2, 0.25) is 0 Å². The monoisotopic (exact) mass is 116 g/mol. The zero-order chi connectivity index (χ0) is 6.83. The minimum atomic E-state index is 0.444. The van der Waals surface area contributed by atoms with Gasteiger partial charge in [0, 0.05) is 14.2 Å². The van der Waals surface area contributed by atoms with E-state index in [9.17, 15) is 0 Å². The molecular weight excluding hydrogens is 104 g/mol. The first kappa shape index (κ1) is 10.4. The van der Waals surface area contributed by atoms with Crippen LogP contribution in [0.15, 0.2) is 0 Å². The van der Waals surface area contributed by atoms with Crippen LogP contribution in [0, 0.1) is 11.3 Å². The quantitative estimate of drug-likeness (QED) is 0.490. The number of methoxy groups -OCH3 is 1. The maximum atomic E-state index is 7.75. The van der Waals surface area contributed by atoms with Gasteiger partial charge in [-0.05, 0) is 7.05 Å². The summed E-state index contributed by atoms with van der Waals surface area (Å²) in [6.07, 6.45) is 0. The first-order valence-electron chi connectivity index (χ1n) is 2.25. The van der Waals surface area contributed by atoms with E-state index in [4.69, 9.17) is 5.26 Å². The van der Waals surface area contributed by atoms with Gasteiger partial charge in [0.15, 0.2) is 0 Å². The predicted molar refractivity (Wildman–Crippen MR) is 32.5 cm³/mol. The minimum absolute atomic E-state index is 0.444. The molecular formula is C5H12N2O. The summed E-state index contributed by atoms with van der Waals surface area (Å²) in [5.74, 6) is 0. The van der Waals surface area contributed by atoms with Gasteiger partial charge in [-0.1, -0.05) is 0 Å². The lowest BCUT2D eigenvalue weighted by molar-refractivity contribution is 0.277. The molecule has 0 saturated heterocycles. The molecule has 0 aromatic rings. The van der Waals surface area contributed by atoms with Crippen LogP contribution in [0.2, 0.25) is 0 Å². The Bertz CT molecular complexity index is 57.9. The molecule has 0 aromatic carbocycles. The van der Waals surface area contributed by atoms with E-state index in [-0.39, 0.29) is 0 Å². The Labute approximate surface area is 50.3 Å². The third kappa shape index (κ3) is 52.9. The van der Waals surface area contributed by atoms with Gasteiger partial charge in [-0.15, -0.1) is 0 Å². The van der Waals surface area contributed by atoms with Crippen LogP contribution >= 0.6 is 0 Å². The van der Waals surface area contributed by atoms with Crippen molar-refractivity contribution in [3.8, 4) is 6.07 Å². The van der Waals surface area contributed by atoms with E-state index in [1.54, 1.807) is 21.3 Å². The summed E-state index contributed by atoms with van der Waals surface area (Å²) in [5, 5.41) is 10.4. The van der Waals surface area contributed by atoms with Gasteiger partial charge < -0.3 is 10.1 Å². The Kier molecular flexibility index (Phi) is 21.0. The molecule has 3 heteroatoms. The van der Waals surface area contributed by atoms with Gasteiger partial charge in [0.1, 0.15) is 0 Å². The third-order valence-corrected chi connectivity index (χ3v) is 0.256. The van der Waals surface area contributed by atoms with Crippen molar-refractivity contribution in [3.63, 3.8) is 0 Å². The van der Waals surface area contributed by atoms with Crippen LogP contribution in [0.3, 0.4) is 0 Å². The normalized spacial score (nSPS) is 6.25. The highest BCUT2D eigenvalue weighted by Gasteiger charge is 1.60. The number of nitrogens with zero attached hydrogens (tertiary/aromatic N) is 1. The Balaban J connectivity index is 0. The number of hydrogen-bond donors (Lipinski definition) is 1. The third-order valence-electron chi connectivity index (χ3n) is 0.256. The van der Waals surface area contributed by atoms with Crippen LogP contribution in [0.5, 0.6) is 0 Å². The zero-order valence-electron chi connectivity index (χ0n) is 5.56. The molecule has 0 spiro atoms. The lowest BCUT2D eigenvalue weighted by Gasteiger charge is -1.73. The van der Waals surface area contributed by atoms with E-state index in [2.05, 4.69) is 10.1 Å². The summed E-state index contributed by atoms with van der Waals surface area (Å²) in [5.41, 5.74) is 0. The van der Waals surface area contributed by atoms with Crippen molar-refractivity contribution in [2.75, 3.05) is 27.8 Å². The molecule has 0 aliphatic heterocycles. The second-order valence-electron chi connectivity index (χ2n) is 1.10. The van der Waals surface area contributed by atoms with Crippen molar-refractivity contribution >= 4 is 0 Å². The highest BCUT2D eigenvalue weighted by Crippen LogP contribution is 1.38. The number of ether oxygens (including phenoxy) is 1. The van der Waals surface area contributed by atoms with E-state index in [0.717, 1.165) is 0 Å². The van der Waals surface area contributed by atoms with Crippen molar-refractivity contribution in [1.29, 1.82) is 5.26 Å². The molecule has 3 nitrogen and oxygen atoms in total. The Morgan fingerprint density at radius 2 is 2.00 bits per heavy atom. The maximum Gasteiger partial charge on any atom is 0.0838 e. The van der Waals surface area contributed by atoms with Gasteiger partial charge in [0.05, 0.1) is 12.6 Å². The van der Waals surface area contributed by atoms with E-state index in [0.29, 0.717) is 6.54 Å². The van der Waals surface area contributed by atoms with E-state index in [1.807, 2.05) is 6.07 Å². The molecule has 0 bridgehead atoms. The van der Waals surface area contributed by atoms with Crippen LogP contribution < -0.4 is 5.32 Å². The van der Waals surface area contributed by atoms with Crippen LogP contribution in [0.4, 0.5) is 0 Å². The molecule has 0 rings (SSSR count). The largest absolute Gasteiger partial charge is 0.388 e. The molecule has 1 N–H and O–H groups in total. The zero-order valence-corrected chi connectivity index (χ0v) is 5.56. The number of hydrogen-bond acceptors (Lipinski definition) is 3. The fraction of sp³-hybridized carbons (Fsp3) is 0.800. The predicted octanol–water partition coefficient (Wildman–Crippen LogP) is -0.00802. The minimum Gasteiger partial charge on any atom is -0.388 e. The van der Waals surface area contributed by atoms with E-state index < -0.39 is 0 Å². The molecule has 0 amide bonds. The highest BCUT2D eigenvalue weighted by molar-refractivity contribution is 4.69. The Morgan fingerprint density at radius 1 is 1.62 bits per heavy atom. The van der Waals surface area contributed by atoms with Crippen LogP contribution in [-0.4, -0.2) is 27.8 Å². The molecule has 8 heavy (non-hydrogen) atoms. The average Bonchev–Trinajstić information content (AvgIpc) is 1.71. The molecule has 48 valence electrons. The van der Waals surface area contributed by atoms with Crippen molar-refractivity contribution in [2.24, 2.45) is 0 Å². The van der Waals surface area contributed by atoms with Crippen molar-refractivity contribution in [1.82, 2.24) is 5.32 Å². The van der Waals surface area contributed by atoms with Gasteiger partial charge in [-0.25, -0.2) is 0 Å². The fourth-order valence-corrected chi connectivity index (χ4v) is 0.0791. The second-order valence-corrected chi connectivity index (χ2v) is 1.10. The summed E-state index contributed by atoms with van der Waals surface area (Å²) < 4.78 is 4.25. The SMILES string of the molecule is CNCC#N.COC. The summed E-state index contributed by atoms with van der Waals surface area (Å²) in [4.78, 5) is 0. The topological polar surface area (TPSA) is 45.0 Å². The molecule has 0 unspecified atom stereocenters. The first-order chi connectivity index (χ1) is 3.83. The molecule has 0 aromatic heterocycles. The van der Waals surface area contributed by atoms with Crippen molar-refractivity contribution < 1.29 is 4.74 Å². The Hall–Kier alpha value is -0.590. The smallest absolute Gasteiger partial charge is 0.0838 e. The van der Waals surface area contributed by atoms with Crippen LogP contribution in [0.1, 0.15) is 0 Å². The standard InChI is InChI=1S/C3H6N2.C2H6O/c1-5-3-2-4;1-3-2/h5H,3H2,1H3;1-2H3. The number of nitrogens with one attached hydrogen (secondary N) is 1. The van der Waals surface area contributed by atoms with E-state index >= 15 is 0 Å². The molecule has 0 saturated carbocycles.